The lowest BCUT2D eigenvalue weighted by atomic mass is 10.2. The first-order valence-corrected chi connectivity index (χ1v) is 9.47. The van der Waals surface area contributed by atoms with E-state index in [2.05, 4.69) is 9.62 Å². The molecule has 0 saturated heterocycles. The van der Waals surface area contributed by atoms with Crippen LogP contribution in [-0.2, 0) is 10.0 Å². The fourth-order valence-electron chi connectivity index (χ4n) is 2.50. The second kappa shape index (κ2) is 8.11. The van der Waals surface area contributed by atoms with Crippen LogP contribution in [0.5, 0.6) is 0 Å². The summed E-state index contributed by atoms with van der Waals surface area (Å²) in [5.41, 5.74) is 0. The van der Waals surface area contributed by atoms with E-state index in [1.807, 2.05) is 13.8 Å². The lowest BCUT2D eigenvalue weighted by Gasteiger charge is -2.28. The lowest BCUT2D eigenvalue weighted by Crippen LogP contribution is -2.38. The van der Waals surface area contributed by atoms with Crippen molar-refractivity contribution in [2.24, 2.45) is 0 Å². The predicted octanol–water partition coefficient (Wildman–Crippen LogP) is 3.43. The Labute approximate surface area is 146 Å². The summed E-state index contributed by atoms with van der Waals surface area (Å²) in [5, 5.41) is -0.0266. The van der Waals surface area contributed by atoms with Gasteiger partial charge in [0.25, 0.3) is 0 Å². The van der Waals surface area contributed by atoms with Gasteiger partial charge in [-0.05, 0) is 43.4 Å². The first-order chi connectivity index (χ1) is 11.4. The largest absolute Gasteiger partial charge is 0.468 e. The summed E-state index contributed by atoms with van der Waals surface area (Å²) in [7, 11) is -3.94. The average Bonchev–Trinajstić information content (AvgIpc) is 3.07. The minimum absolute atomic E-state index is 0.0266. The molecule has 24 heavy (non-hydrogen) atoms. The second-order valence-corrected chi connectivity index (χ2v) is 7.32. The zero-order chi connectivity index (χ0) is 17.7. The molecule has 1 unspecified atom stereocenters. The third-order valence-electron chi connectivity index (χ3n) is 3.77. The van der Waals surface area contributed by atoms with Crippen molar-refractivity contribution in [3.63, 3.8) is 0 Å². The highest BCUT2D eigenvalue weighted by Gasteiger charge is 2.25. The topological polar surface area (TPSA) is 62.6 Å². The lowest BCUT2D eigenvalue weighted by molar-refractivity contribution is 0.194. The average molecular weight is 375 g/mol. The van der Waals surface area contributed by atoms with E-state index in [1.165, 1.54) is 6.07 Å². The molecule has 0 bridgehead atoms. The highest BCUT2D eigenvalue weighted by atomic mass is 35.5. The molecule has 2 rings (SSSR count). The molecule has 0 aliphatic carbocycles. The molecule has 8 heteroatoms. The van der Waals surface area contributed by atoms with E-state index in [1.54, 1.807) is 18.4 Å². The maximum absolute atomic E-state index is 13.4. The number of benzene rings is 1. The van der Waals surface area contributed by atoms with Crippen LogP contribution >= 0.6 is 11.6 Å². The molecule has 0 spiro atoms. The maximum Gasteiger partial charge on any atom is 0.242 e. The molecule has 0 aliphatic heterocycles. The monoisotopic (exact) mass is 374 g/mol. The quantitative estimate of drug-likeness (QED) is 0.768. The Balaban J connectivity index is 2.23. The van der Waals surface area contributed by atoms with E-state index >= 15 is 0 Å². The van der Waals surface area contributed by atoms with Crippen molar-refractivity contribution in [2.75, 3.05) is 19.6 Å². The van der Waals surface area contributed by atoms with Crippen molar-refractivity contribution in [3.05, 3.63) is 53.2 Å². The molecule has 0 radical (unpaired) electrons. The normalized spacial score (nSPS) is 13.4. The zero-order valence-electron chi connectivity index (χ0n) is 13.5. The van der Waals surface area contributed by atoms with Gasteiger partial charge in [-0.2, -0.15) is 0 Å². The van der Waals surface area contributed by atoms with Crippen LogP contribution < -0.4 is 4.72 Å². The summed E-state index contributed by atoms with van der Waals surface area (Å²) in [6, 6.07) is 6.53. The Morgan fingerprint density at radius 3 is 2.58 bits per heavy atom. The fourth-order valence-corrected chi connectivity index (χ4v) is 4.05. The minimum atomic E-state index is -3.94. The van der Waals surface area contributed by atoms with Gasteiger partial charge in [-0.1, -0.05) is 25.4 Å². The van der Waals surface area contributed by atoms with Crippen molar-refractivity contribution in [3.8, 4) is 0 Å². The van der Waals surface area contributed by atoms with E-state index in [0.29, 0.717) is 5.76 Å². The first-order valence-electron chi connectivity index (χ1n) is 7.61. The van der Waals surface area contributed by atoms with Gasteiger partial charge < -0.3 is 4.42 Å². The number of hydrogen-bond donors (Lipinski definition) is 1. The molecule has 5 nitrogen and oxygen atoms in total. The van der Waals surface area contributed by atoms with Gasteiger partial charge in [0.05, 0.1) is 17.3 Å². The summed E-state index contributed by atoms with van der Waals surface area (Å²) < 4.78 is 46.2. The summed E-state index contributed by atoms with van der Waals surface area (Å²) >= 11 is 5.90. The number of likely N-dealkylation sites (N-methyl/N-ethyl adjacent to an activating group) is 1. The van der Waals surface area contributed by atoms with Gasteiger partial charge in [0.2, 0.25) is 10.0 Å². The van der Waals surface area contributed by atoms with Gasteiger partial charge in [0.1, 0.15) is 16.5 Å². The van der Waals surface area contributed by atoms with Crippen LogP contribution in [0, 0.1) is 5.82 Å². The van der Waals surface area contributed by atoms with E-state index in [4.69, 9.17) is 16.0 Å². The number of hydrogen-bond acceptors (Lipinski definition) is 4. The third kappa shape index (κ3) is 4.36. The first kappa shape index (κ1) is 18.9. The number of rotatable bonds is 8. The van der Waals surface area contributed by atoms with Crippen molar-refractivity contribution in [2.45, 2.75) is 24.8 Å². The molecule has 0 saturated carbocycles. The summed E-state index contributed by atoms with van der Waals surface area (Å²) in [6.45, 7) is 5.51. The number of sulfonamides is 1. The molecule has 0 amide bonds. The fraction of sp³-hybridized carbons (Fsp3) is 0.375. The van der Waals surface area contributed by atoms with Crippen LogP contribution in [0.1, 0.15) is 25.6 Å². The zero-order valence-corrected chi connectivity index (χ0v) is 15.1. The summed E-state index contributed by atoms with van der Waals surface area (Å²) in [4.78, 5) is 1.79. The van der Waals surface area contributed by atoms with Crippen molar-refractivity contribution in [1.82, 2.24) is 9.62 Å². The molecular formula is C16H20ClFN2O3S. The molecule has 1 aromatic heterocycles. The standard InChI is InChI=1S/C16H20ClFN2O3S/c1-3-20(4-2)14(15-6-5-9-23-15)11-19-24(21,22)16-10-12(18)7-8-13(16)17/h5-10,14,19H,3-4,11H2,1-2H3. The molecule has 1 aromatic carbocycles. The Bertz CT molecular complexity index is 762. The molecule has 1 N–H and O–H groups in total. The Morgan fingerprint density at radius 1 is 1.29 bits per heavy atom. The summed E-state index contributed by atoms with van der Waals surface area (Å²) in [5.74, 6) is -0.00200. The number of furan rings is 1. The van der Waals surface area contributed by atoms with Gasteiger partial charge in [0, 0.05) is 6.54 Å². The van der Waals surface area contributed by atoms with E-state index in [0.717, 1.165) is 25.2 Å². The summed E-state index contributed by atoms with van der Waals surface area (Å²) in [6.07, 6.45) is 1.55. The smallest absolute Gasteiger partial charge is 0.242 e. The van der Waals surface area contributed by atoms with Crippen LogP contribution in [0.4, 0.5) is 4.39 Å². The number of nitrogens with one attached hydrogen (secondary N) is 1. The van der Waals surface area contributed by atoms with Gasteiger partial charge in [-0.3, -0.25) is 4.90 Å². The number of halogens is 2. The van der Waals surface area contributed by atoms with Crippen LogP contribution in [0.15, 0.2) is 45.9 Å². The third-order valence-corrected chi connectivity index (χ3v) is 5.68. The van der Waals surface area contributed by atoms with Gasteiger partial charge in [-0.15, -0.1) is 0 Å². The highest BCUT2D eigenvalue weighted by molar-refractivity contribution is 7.89. The van der Waals surface area contributed by atoms with E-state index in [9.17, 15) is 12.8 Å². The van der Waals surface area contributed by atoms with Crippen molar-refractivity contribution < 1.29 is 17.2 Å². The SMILES string of the molecule is CCN(CC)C(CNS(=O)(=O)c1cc(F)ccc1Cl)c1ccco1. The van der Waals surface area contributed by atoms with E-state index in [-0.39, 0.29) is 22.5 Å². The molecule has 132 valence electrons. The number of nitrogens with zero attached hydrogens (tertiary/aromatic N) is 1. The van der Waals surface area contributed by atoms with Crippen LogP contribution in [0.2, 0.25) is 5.02 Å². The second-order valence-electron chi connectivity index (χ2n) is 5.18. The highest BCUT2D eigenvalue weighted by Crippen LogP contribution is 2.24. The van der Waals surface area contributed by atoms with E-state index < -0.39 is 15.8 Å². The van der Waals surface area contributed by atoms with Crippen molar-refractivity contribution in [1.29, 1.82) is 0 Å². The van der Waals surface area contributed by atoms with Gasteiger partial charge >= 0.3 is 0 Å². The molecule has 1 atom stereocenters. The Hall–Kier alpha value is -1.41. The Kier molecular flexibility index (Phi) is 6.40. The van der Waals surface area contributed by atoms with Crippen LogP contribution in [0.3, 0.4) is 0 Å². The van der Waals surface area contributed by atoms with Gasteiger partial charge in [0.15, 0.2) is 0 Å². The predicted molar refractivity (Wildman–Crippen MR) is 91.0 cm³/mol. The molecule has 0 fully saturated rings. The Morgan fingerprint density at radius 2 is 2.00 bits per heavy atom. The van der Waals surface area contributed by atoms with Crippen LogP contribution in [-0.4, -0.2) is 33.0 Å². The molecule has 2 aromatic rings. The molecular weight excluding hydrogens is 355 g/mol. The van der Waals surface area contributed by atoms with Gasteiger partial charge in [-0.25, -0.2) is 17.5 Å². The van der Waals surface area contributed by atoms with Crippen LogP contribution in [0.25, 0.3) is 0 Å². The minimum Gasteiger partial charge on any atom is -0.468 e. The van der Waals surface area contributed by atoms with Crippen molar-refractivity contribution >= 4 is 21.6 Å². The molecule has 1 heterocycles. The maximum atomic E-state index is 13.4. The molecule has 0 aliphatic rings.